The molecule has 8 heteroatoms. The number of rotatable bonds is 2. The lowest BCUT2D eigenvalue weighted by atomic mass is 10.0. The third-order valence-corrected chi connectivity index (χ3v) is 4.36. The maximum atomic E-state index is 12.5. The van der Waals surface area contributed by atoms with Crippen LogP contribution in [0.5, 0.6) is 5.88 Å². The van der Waals surface area contributed by atoms with Gasteiger partial charge in [-0.05, 0) is 12.1 Å². The fraction of sp³-hybridized carbons (Fsp3) is 0.111. The van der Waals surface area contributed by atoms with Crippen molar-refractivity contribution in [1.29, 1.82) is 5.41 Å². The number of carbonyl (C=O) groups is 1. The monoisotopic (exact) mass is 348 g/mol. The number of anilines is 2. The van der Waals surface area contributed by atoms with Crippen LogP contribution in [-0.2, 0) is 4.79 Å². The van der Waals surface area contributed by atoms with Crippen molar-refractivity contribution in [3.05, 3.63) is 54.2 Å². The minimum Gasteiger partial charge on any atom is -0.493 e. The number of para-hydroxylation sites is 1. The molecule has 1 atom stereocenters. The van der Waals surface area contributed by atoms with Gasteiger partial charge in [-0.3, -0.25) is 15.5 Å². The van der Waals surface area contributed by atoms with Gasteiger partial charge in [0, 0.05) is 29.8 Å². The topological polar surface area (TPSA) is 128 Å². The number of hydrogen-bond donors (Lipinski definition) is 4. The molecule has 1 aliphatic rings. The van der Waals surface area contributed by atoms with Gasteiger partial charge in [0.25, 0.3) is 0 Å². The van der Waals surface area contributed by atoms with Crippen LogP contribution in [-0.4, -0.2) is 33.5 Å². The Morgan fingerprint density at radius 2 is 2.12 bits per heavy atom. The van der Waals surface area contributed by atoms with Crippen molar-refractivity contribution in [3.63, 3.8) is 0 Å². The molecule has 0 saturated heterocycles. The maximum Gasteiger partial charge on any atom is 0.236 e. The lowest BCUT2D eigenvalue weighted by Gasteiger charge is -2.21. The molecule has 3 heterocycles. The van der Waals surface area contributed by atoms with Crippen molar-refractivity contribution in [3.8, 4) is 5.88 Å². The van der Waals surface area contributed by atoms with Crippen molar-refractivity contribution in [2.45, 2.75) is 5.92 Å². The van der Waals surface area contributed by atoms with Crippen LogP contribution in [0.25, 0.3) is 10.9 Å². The lowest BCUT2D eigenvalue weighted by molar-refractivity contribution is -0.120. The van der Waals surface area contributed by atoms with Crippen LogP contribution in [0.15, 0.2) is 48.7 Å². The van der Waals surface area contributed by atoms with E-state index in [1.165, 1.54) is 0 Å². The molecule has 1 aliphatic heterocycles. The summed E-state index contributed by atoms with van der Waals surface area (Å²) in [7, 11) is 0. The summed E-state index contributed by atoms with van der Waals surface area (Å²) < 4.78 is 0. The van der Waals surface area contributed by atoms with Gasteiger partial charge in [-0.25, -0.2) is 9.97 Å². The number of nitrogens with zero attached hydrogens (tertiary/aromatic N) is 3. The highest BCUT2D eigenvalue weighted by Gasteiger charge is 2.36. The summed E-state index contributed by atoms with van der Waals surface area (Å²) in [6.07, 6.45) is 1.65. The number of aromatic nitrogens is 2. The van der Waals surface area contributed by atoms with Crippen LogP contribution in [0.4, 0.5) is 11.5 Å². The van der Waals surface area contributed by atoms with Crippen molar-refractivity contribution < 1.29 is 9.90 Å². The van der Waals surface area contributed by atoms with Crippen LogP contribution >= 0.6 is 0 Å². The van der Waals surface area contributed by atoms with E-state index in [9.17, 15) is 9.90 Å². The molecule has 26 heavy (non-hydrogen) atoms. The third-order valence-electron chi connectivity index (χ3n) is 4.36. The maximum absolute atomic E-state index is 12.5. The van der Waals surface area contributed by atoms with Gasteiger partial charge < -0.3 is 15.7 Å². The molecule has 0 spiro atoms. The molecule has 1 unspecified atom stereocenters. The second-order valence-electron chi connectivity index (χ2n) is 6.00. The van der Waals surface area contributed by atoms with Crippen molar-refractivity contribution >= 4 is 34.3 Å². The van der Waals surface area contributed by atoms with E-state index in [4.69, 9.17) is 11.1 Å². The molecule has 0 bridgehead atoms. The molecule has 0 fully saturated rings. The summed E-state index contributed by atoms with van der Waals surface area (Å²) in [6.45, 7) is 0.318. The quantitative estimate of drug-likeness (QED) is 0.411. The number of nitrogens with two attached hydrogens (primary N) is 1. The number of guanidine groups is 1. The smallest absolute Gasteiger partial charge is 0.236 e. The highest BCUT2D eigenvalue weighted by Crippen LogP contribution is 2.42. The van der Waals surface area contributed by atoms with Gasteiger partial charge >= 0.3 is 0 Å². The molecule has 4 rings (SSSR count). The normalized spacial score (nSPS) is 15.7. The second kappa shape index (κ2) is 5.99. The number of pyridine rings is 2. The number of aromatic hydroxyl groups is 1. The Balaban J connectivity index is 1.84. The molecular formula is C18H16N6O2. The van der Waals surface area contributed by atoms with E-state index >= 15 is 0 Å². The fourth-order valence-electron chi connectivity index (χ4n) is 3.30. The average Bonchev–Trinajstić information content (AvgIpc) is 3.00. The van der Waals surface area contributed by atoms with E-state index in [0.29, 0.717) is 23.6 Å². The minimum atomic E-state index is -0.531. The highest BCUT2D eigenvalue weighted by molar-refractivity contribution is 6.01. The minimum absolute atomic E-state index is 0.104. The third kappa shape index (κ3) is 2.57. The molecule has 0 radical (unpaired) electrons. The van der Waals surface area contributed by atoms with E-state index in [1.807, 2.05) is 35.2 Å². The van der Waals surface area contributed by atoms with Crippen LogP contribution in [0.1, 0.15) is 11.5 Å². The Hall–Kier alpha value is -3.68. The van der Waals surface area contributed by atoms with Crippen LogP contribution in [0, 0.1) is 5.41 Å². The van der Waals surface area contributed by atoms with Crippen LogP contribution < -0.4 is 16.0 Å². The van der Waals surface area contributed by atoms with E-state index in [0.717, 1.165) is 10.9 Å². The van der Waals surface area contributed by atoms with E-state index < -0.39 is 11.9 Å². The number of nitrogens with one attached hydrogen (secondary N) is 2. The molecule has 3 aromatic rings. The molecule has 1 amide bonds. The summed E-state index contributed by atoms with van der Waals surface area (Å²) in [5.41, 5.74) is 7.41. The second-order valence-corrected chi connectivity index (χ2v) is 6.00. The molecule has 1 aromatic carbocycles. The molecule has 0 aliphatic carbocycles. The summed E-state index contributed by atoms with van der Waals surface area (Å²) in [5, 5.41) is 20.5. The molecule has 0 saturated carbocycles. The standard InChI is InChI=1S/C18H16N6O2/c19-18(20)23-17(26)12-9-24(16-10(12)5-3-7-21-16)14-8-15(25)22-13-6-2-1-4-11(13)14/h1-8,12H,9H2,(H,22,25)(H4,19,20,23,26). The molecule has 8 nitrogen and oxygen atoms in total. The summed E-state index contributed by atoms with van der Waals surface area (Å²) >= 11 is 0. The van der Waals surface area contributed by atoms with Crippen molar-refractivity contribution in [2.75, 3.05) is 11.4 Å². The Morgan fingerprint density at radius 3 is 2.92 bits per heavy atom. The zero-order chi connectivity index (χ0) is 18.3. The highest BCUT2D eigenvalue weighted by atomic mass is 16.3. The molecule has 130 valence electrons. The molecule has 2 aromatic heterocycles. The molecular weight excluding hydrogens is 332 g/mol. The largest absolute Gasteiger partial charge is 0.493 e. The first-order valence-electron chi connectivity index (χ1n) is 8.00. The van der Waals surface area contributed by atoms with E-state index in [2.05, 4.69) is 15.3 Å². The van der Waals surface area contributed by atoms with Crippen LogP contribution in [0.2, 0.25) is 0 Å². The summed E-state index contributed by atoms with van der Waals surface area (Å²) in [6, 6.07) is 12.6. The zero-order valence-electron chi connectivity index (χ0n) is 13.7. The predicted octanol–water partition coefficient (Wildman–Crippen LogP) is 1.58. The number of benzene rings is 1. The first-order chi connectivity index (χ1) is 12.5. The SMILES string of the molecule is N=C(N)NC(=O)C1CN(c2cc(O)nc3ccccc23)c2ncccc21. The van der Waals surface area contributed by atoms with Gasteiger partial charge in [0.05, 0.1) is 17.1 Å². The van der Waals surface area contributed by atoms with Crippen molar-refractivity contribution in [1.82, 2.24) is 15.3 Å². The molecule has 5 N–H and O–H groups in total. The Kier molecular flexibility index (Phi) is 3.65. The number of hydrogen-bond acceptors (Lipinski definition) is 6. The summed E-state index contributed by atoms with van der Waals surface area (Å²) in [5.74, 6) is -0.765. The van der Waals surface area contributed by atoms with E-state index in [-0.39, 0.29) is 11.8 Å². The predicted molar refractivity (Wildman–Crippen MR) is 97.4 cm³/mol. The Morgan fingerprint density at radius 1 is 1.31 bits per heavy atom. The van der Waals surface area contributed by atoms with Crippen molar-refractivity contribution in [2.24, 2.45) is 5.73 Å². The first-order valence-corrected chi connectivity index (χ1v) is 8.00. The van der Waals surface area contributed by atoms with Gasteiger partial charge in [-0.1, -0.05) is 24.3 Å². The van der Waals surface area contributed by atoms with E-state index in [1.54, 1.807) is 18.3 Å². The van der Waals surface area contributed by atoms with Gasteiger partial charge in [0.1, 0.15) is 5.82 Å². The number of carbonyl (C=O) groups excluding carboxylic acids is 1. The van der Waals surface area contributed by atoms with Gasteiger partial charge in [-0.15, -0.1) is 0 Å². The van der Waals surface area contributed by atoms with Gasteiger partial charge in [0.15, 0.2) is 5.96 Å². The first kappa shape index (κ1) is 15.8. The zero-order valence-corrected chi connectivity index (χ0v) is 13.7. The number of fused-ring (bicyclic) bond motifs is 2. The Bertz CT molecular complexity index is 1040. The number of amides is 1. The fourth-order valence-corrected chi connectivity index (χ4v) is 3.30. The van der Waals surface area contributed by atoms with Gasteiger partial charge in [-0.2, -0.15) is 0 Å². The van der Waals surface area contributed by atoms with Crippen LogP contribution in [0.3, 0.4) is 0 Å². The summed E-state index contributed by atoms with van der Waals surface area (Å²) in [4.78, 5) is 22.9. The lowest BCUT2D eigenvalue weighted by Crippen LogP contribution is -2.39. The van der Waals surface area contributed by atoms with Gasteiger partial charge in [0.2, 0.25) is 11.8 Å². The average molecular weight is 348 g/mol. The Labute approximate surface area is 148 Å².